The number of hydrogen-bond acceptors (Lipinski definition) is 3. The van der Waals surface area contributed by atoms with E-state index in [0.717, 1.165) is 15.4 Å². The van der Waals surface area contributed by atoms with Crippen LogP contribution in [0.4, 0.5) is 4.39 Å². The maximum Gasteiger partial charge on any atom is 0.243 e. The first kappa shape index (κ1) is 22.7. The third-order valence-electron chi connectivity index (χ3n) is 4.93. The highest BCUT2D eigenvalue weighted by Gasteiger charge is 2.27. The summed E-state index contributed by atoms with van der Waals surface area (Å²) in [6, 6.07) is 21.2. The Morgan fingerprint density at radius 3 is 2.19 bits per heavy atom. The zero-order chi connectivity index (χ0) is 22.4. The molecule has 0 aliphatic heterocycles. The van der Waals surface area contributed by atoms with Crippen LogP contribution in [-0.2, 0) is 21.4 Å². The van der Waals surface area contributed by atoms with E-state index in [1.807, 2.05) is 44.2 Å². The summed E-state index contributed by atoms with van der Waals surface area (Å²) in [6.45, 7) is 3.30. The van der Waals surface area contributed by atoms with Crippen molar-refractivity contribution >= 4 is 15.9 Å². The van der Waals surface area contributed by atoms with Crippen LogP contribution in [0.25, 0.3) is 0 Å². The fourth-order valence-electron chi connectivity index (χ4n) is 3.15. The fourth-order valence-corrected chi connectivity index (χ4v) is 4.54. The smallest absolute Gasteiger partial charge is 0.243 e. The number of amides is 1. The van der Waals surface area contributed by atoms with Crippen molar-refractivity contribution in [3.63, 3.8) is 0 Å². The molecule has 5 nitrogen and oxygen atoms in total. The Balaban J connectivity index is 1.83. The van der Waals surface area contributed by atoms with Gasteiger partial charge in [-0.2, -0.15) is 4.31 Å². The first-order valence-electron chi connectivity index (χ1n) is 9.91. The standard InChI is InChI=1S/C24H25FN2O3S/c1-18-8-14-23(15-9-18)31(29,30)27(16-20-10-12-22(25)13-11-20)17-24(28)26-19(2)21-6-4-3-5-7-21/h3-15,19H,16-17H2,1-2H3,(H,26,28)/t19-/m1/s1. The molecule has 3 aromatic rings. The largest absolute Gasteiger partial charge is 0.348 e. The highest BCUT2D eigenvalue weighted by molar-refractivity contribution is 7.89. The van der Waals surface area contributed by atoms with Crippen LogP contribution in [0.3, 0.4) is 0 Å². The number of nitrogens with one attached hydrogen (secondary N) is 1. The van der Waals surface area contributed by atoms with Gasteiger partial charge in [0.05, 0.1) is 17.5 Å². The van der Waals surface area contributed by atoms with Crippen LogP contribution in [0, 0.1) is 12.7 Å². The monoisotopic (exact) mass is 440 g/mol. The summed E-state index contributed by atoms with van der Waals surface area (Å²) < 4.78 is 40.9. The van der Waals surface area contributed by atoms with Crippen LogP contribution in [0.15, 0.2) is 83.8 Å². The molecule has 3 aromatic carbocycles. The second-order valence-corrected chi connectivity index (χ2v) is 9.35. The van der Waals surface area contributed by atoms with E-state index in [-0.39, 0.29) is 24.0 Å². The maximum atomic E-state index is 13.3. The van der Waals surface area contributed by atoms with Gasteiger partial charge in [-0.05, 0) is 49.2 Å². The Morgan fingerprint density at radius 2 is 1.58 bits per heavy atom. The minimum atomic E-state index is -3.94. The molecule has 0 unspecified atom stereocenters. The van der Waals surface area contributed by atoms with E-state index in [2.05, 4.69) is 5.32 Å². The lowest BCUT2D eigenvalue weighted by atomic mass is 10.1. The third-order valence-corrected chi connectivity index (χ3v) is 6.73. The molecule has 0 aromatic heterocycles. The van der Waals surface area contributed by atoms with Gasteiger partial charge in [0, 0.05) is 6.54 Å². The number of hydrogen-bond donors (Lipinski definition) is 1. The quantitative estimate of drug-likeness (QED) is 0.571. The summed E-state index contributed by atoms with van der Waals surface area (Å²) >= 11 is 0. The number of sulfonamides is 1. The summed E-state index contributed by atoms with van der Waals surface area (Å²) in [7, 11) is -3.94. The molecule has 31 heavy (non-hydrogen) atoms. The zero-order valence-corrected chi connectivity index (χ0v) is 18.3. The SMILES string of the molecule is Cc1ccc(S(=O)(=O)N(CC(=O)N[C@H](C)c2ccccc2)Cc2ccc(F)cc2)cc1. The van der Waals surface area contributed by atoms with Gasteiger partial charge in [-0.25, -0.2) is 12.8 Å². The van der Waals surface area contributed by atoms with Crippen molar-refractivity contribution in [2.75, 3.05) is 6.54 Å². The Hall–Kier alpha value is -3.03. The van der Waals surface area contributed by atoms with Gasteiger partial charge >= 0.3 is 0 Å². The molecule has 0 spiro atoms. The molecule has 0 saturated carbocycles. The summed E-state index contributed by atoms with van der Waals surface area (Å²) in [5.41, 5.74) is 2.43. The van der Waals surface area contributed by atoms with Crippen LogP contribution < -0.4 is 5.32 Å². The number of rotatable bonds is 8. The van der Waals surface area contributed by atoms with Crippen LogP contribution in [0.5, 0.6) is 0 Å². The fraction of sp³-hybridized carbons (Fsp3) is 0.208. The minimum absolute atomic E-state index is 0.0520. The predicted octanol–water partition coefficient (Wildman–Crippen LogP) is 4.20. The van der Waals surface area contributed by atoms with Crippen molar-refractivity contribution in [3.8, 4) is 0 Å². The molecule has 162 valence electrons. The number of carbonyl (C=O) groups excluding carboxylic acids is 1. The van der Waals surface area contributed by atoms with E-state index in [9.17, 15) is 17.6 Å². The lowest BCUT2D eigenvalue weighted by Crippen LogP contribution is -2.41. The lowest BCUT2D eigenvalue weighted by Gasteiger charge is -2.23. The van der Waals surface area contributed by atoms with Crippen molar-refractivity contribution in [2.45, 2.75) is 31.3 Å². The van der Waals surface area contributed by atoms with Gasteiger partial charge < -0.3 is 5.32 Å². The van der Waals surface area contributed by atoms with Crippen LogP contribution in [0.2, 0.25) is 0 Å². The van der Waals surface area contributed by atoms with E-state index in [0.29, 0.717) is 5.56 Å². The molecule has 0 aliphatic carbocycles. The third kappa shape index (κ3) is 5.99. The van der Waals surface area contributed by atoms with E-state index < -0.39 is 21.7 Å². The minimum Gasteiger partial charge on any atom is -0.348 e. The maximum absolute atomic E-state index is 13.3. The summed E-state index contributed by atoms with van der Waals surface area (Å²) in [5, 5.41) is 2.85. The van der Waals surface area contributed by atoms with E-state index in [1.165, 1.54) is 36.4 Å². The molecule has 0 saturated heterocycles. The molecule has 3 rings (SSSR count). The highest BCUT2D eigenvalue weighted by Crippen LogP contribution is 2.20. The molecular weight excluding hydrogens is 415 g/mol. The van der Waals surface area contributed by atoms with Gasteiger partial charge in [0.15, 0.2) is 0 Å². The summed E-state index contributed by atoms with van der Waals surface area (Å²) in [5.74, 6) is -0.833. The van der Waals surface area contributed by atoms with Crippen molar-refractivity contribution in [2.24, 2.45) is 0 Å². The molecular formula is C24H25FN2O3S. The molecule has 0 aliphatic rings. The zero-order valence-electron chi connectivity index (χ0n) is 17.5. The molecule has 1 amide bonds. The van der Waals surface area contributed by atoms with Crippen molar-refractivity contribution < 1.29 is 17.6 Å². The average molecular weight is 441 g/mol. The van der Waals surface area contributed by atoms with E-state index >= 15 is 0 Å². The molecule has 0 bridgehead atoms. The molecule has 0 heterocycles. The Kier molecular flexibility index (Phi) is 7.20. The number of aryl methyl sites for hydroxylation is 1. The van der Waals surface area contributed by atoms with E-state index in [4.69, 9.17) is 0 Å². The molecule has 0 fully saturated rings. The van der Waals surface area contributed by atoms with Crippen LogP contribution in [-0.4, -0.2) is 25.2 Å². The van der Waals surface area contributed by atoms with Gasteiger partial charge in [-0.1, -0.05) is 60.2 Å². The summed E-state index contributed by atoms with van der Waals surface area (Å²) in [4.78, 5) is 12.8. The van der Waals surface area contributed by atoms with Crippen LogP contribution in [0.1, 0.15) is 29.7 Å². The lowest BCUT2D eigenvalue weighted by molar-refractivity contribution is -0.122. The first-order chi connectivity index (χ1) is 14.8. The van der Waals surface area contributed by atoms with Crippen molar-refractivity contribution in [3.05, 3.63) is 101 Å². The number of benzene rings is 3. The van der Waals surface area contributed by atoms with Gasteiger partial charge in [-0.15, -0.1) is 0 Å². The second kappa shape index (κ2) is 9.85. The molecule has 1 atom stereocenters. The van der Waals surface area contributed by atoms with Gasteiger partial charge in [0.25, 0.3) is 0 Å². The summed E-state index contributed by atoms with van der Waals surface area (Å²) in [6.07, 6.45) is 0. The van der Waals surface area contributed by atoms with Crippen molar-refractivity contribution in [1.29, 1.82) is 0 Å². The number of nitrogens with zero attached hydrogens (tertiary/aromatic N) is 1. The van der Waals surface area contributed by atoms with E-state index in [1.54, 1.807) is 12.1 Å². The van der Waals surface area contributed by atoms with Crippen molar-refractivity contribution in [1.82, 2.24) is 9.62 Å². The predicted molar refractivity (Wildman–Crippen MR) is 118 cm³/mol. The Morgan fingerprint density at radius 1 is 0.968 bits per heavy atom. The molecule has 1 N–H and O–H groups in total. The van der Waals surface area contributed by atoms with Gasteiger partial charge in [-0.3, -0.25) is 4.79 Å². The van der Waals surface area contributed by atoms with Gasteiger partial charge in [0.2, 0.25) is 15.9 Å². The highest BCUT2D eigenvalue weighted by atomic mass is 32.2. The first-order valence-corrected chi connectivity index (χ1v) is 11.4. The topological polar surface area (TPSA) is 66.5 Å². The number of halogens is 1. The van der Waals surface area contributed by atoms with Gasteiger partial charge in [0.1, 0.15) is 5.82 Å². The normalized spacial score (nSPS) is 12.5. The molecule has 7 heteroatoms. The Labute approximate surface area is 182 Å². The molecule has 0 radical (unpaired) electrons. The van der Waals surface area contributed by atoms with Crippen LogP contribution >= 0.6 is 0 Å². The average Bonchev–Trinajstić information content (AvgIpc) is 2.75. The second-order valence-electron chi connectivity index (χ2n) is 7.41. The number of carbonyl (C=O) groups is 1. The Bertz CT molecular complexity index is 1120.